The van der Waals surface area contributed by atoms with Crippen LogP contribution in [0.1, 0.15) is 20.8 Å². The van der Waals surface area contributed by atoms with E-state index < -0.39 is 0 Å². The summed E-state index contributed by atoms with van der Waals surface area (Å²) in [7, 11) is 0.446. The first-order valence-corrected chi connectivity index (χ1v) is 5.80. The summed E-state index contributed by atoms with van der Waals surface area (Å²) in [5.74, 6) is 0. The zero-order chi connectivity index (χ0) is 8.41. The molecule has 0 aliphatic rings. The summed E-state index contributed by atoms with van der Waals surface area (Å²) in [6, 6.07) is 0. The zero-order valence-corrected chi connectivity index (χ0v) is 11.1. The van der Waals surface area contributed by atoms with Crippen LogP contribution in [-0.2, 0) is 35.0 Å². The molecule has 0 amide bonds. The van der Waals surface area contributed by atoms with Gasteiger partial charge in [0.25, 0.3) is 0 Å². The maximum Gasteiger partial charge on any atom is 1.00 e. The Morgan fingerprint density at radius 3 is 1.36 bits per heavy atom. The van der Waals surface area contributed by atoms with E-state index in [2.05, 4.69) is 33.4 Å². The molecule has 0 aromatic heterocycles. The topological polar surface area (TPSA) is 23.8 Å². The van der Waals surface area contributed by atoms with Crippen molar-refractivity contribution in [2.75, 3.05) is 18.5 Å². The van der Waals surface area contributed by atoms with Gasteiger partial charge in [-0.15, -0.1) is 7.92 Å². The Kier molecular flexibility index (Phi) is 27.7. The molecule has 0 aromatic rings. The van der Waals surface area contributed by atoms with Crippen LogP contribution in [0.2, 0.25) is 0 Å². The molecule has 0 N–H and O–H groups in total. The maximum absolute atomic E-state index is 7.13. The number of nitriles is 1. The monoisotopic (exact) mass is 373 g/mol. The van der Waals surface area contributed by atoms with Gasteiger partial charge in [-0.3, -0.25) is 0 Å². The molecule has 11 heavy (non-hydrogen) atoms. The number of thiocyanates is 1. The standard InChI is InChI=1S/C6H15P.CHNS.Au/c1-4-7(5-2)6-3;2-1-3;/h4-6H2,1-3H3;3H;/q;;+1/p-1. The third-order valence-corrected chi connectivity index (χ3v) is 4.02. The van der Waals surface area contributed by atoms with Gasteiger partial charge in [-0.1, -0.05) is 26.2 Å². The molecule has 4 heteroatoms. The van der Waals surface area contributed by atoms with Crippen LogP contribution in [0.25, 0.3) is 0 Å². The molecule has 0 radical (unpaired) electrons. The second-order valence-corrected chi connectivity index (χ2v) is 5.13. The van der Waals surface area contributed by atoms with Gasteiger partial charge in [0, 0.05) is 0 Å². The fourth-order valence-corrected chi connectivity index (χ4v) is 2.01. The third kappa shape index (κ3) is 18.1. The van der Waals surface area contributed by atoms with Gasteiger partial charge in [-0.25, -0.2) is 5.26 Å². The fourth-order valence-electron chi connectivity index (χ4n) is 0.671. The molecule has 0 unspecified atom stereocenters. The largest absolute Gasteiger partial charge is 1.00 e. The van der Waals surface area contributed by atoms with Gasteiger partial charge in [-0.2, -0.15) is 0 Å². The average molecular weight is 373 g/mol. The Balaban J connectivity index is -0.000000140. The van der Waals surface area contributed by atoms with Gasteiger partial charge in [0.05, 0.1) is 0 Å². The van der Waals surface area contributed by atoms with Crippen molar-refractivity contribution in [3.63, 3.8) is 0 Å². The summed E-state index contributed by atoms with van der Waals surface area (Å²) in [6.07, 6.45) is 4.26. The van der Waals surface area contributed by atoms with Crippen LogP contribution < -0.4 is 0 Å². The first kappa shape index (κ1) is 17.8. The summed E-state index contributed by atoms with van der Waals surface area (Å²) in [6.45, 7) is 6.87. The normalized spacial score (nSPS) is 7.18. The van der Waals surface area contributed by atoms with Crippen LogP contribution in [-0.4, -0.2) is 18.5 Å². The second-order valence-electron chi connectivity index (χ2n) is 1.71. The quantitative estimate of drug-likeness (QED) is 0.329. The number of hydrogen-bond acceptors (Lipinski definition) is 2. The van der Waals surface area contributed by atoms with Crippen molar-refractivity contribution in [3.05, 3.63) is 0 Å². The van der Waals surface area contributed by atoms with Gasteiger partial charge >= 0.3 is 22.4 Å². The molecule has 0 aliphatic heterocycles. The maximum atomic E-state index is 7.13. The van der Waals surface area contributed by atoms with E-state index >= 15 is 0 Å². The minimum atomic E-state index is 0. The molecule has 1 nitrogen and oxygen atoms in total. The molecule has 0 bridgehead atoms. The predicted molar refractivity (Wildman–Crippen MR) is 51.5 cm³/mol. The van der Waals surface area contributed by atoms with Gasteiger partial charge in [0.2, 0.25) is 0 Å². The summed E-state index contributed by atoms with van der Waals surface area (Å²) in [4.78, 5) is 0. The van der Waals surface area contributed by atoms with Crippen molar-refractivity contribution in [3.8, 4) is 5.40 Å². The van der Waals surface area contributed by atoms with E-state index in [9.17, 15) is 0 Å². The molecule has 0 heterocycles. The predicted octanol–water partition coefficient (Wildman–Crippen LogP) is 2.54. The Hall–Kier alpha value is 0.880. The number of nitrogens with zero attached hydrogens (tertiary/aromatic N) is 1. The van der Waals surface area contributed by atoms with Crippen LogP contribution in [0.15, 0.2) is 0 Å². The first-order valence-electron chi connectivity index (χ1n) is 3.50. The Bertz CT molecular complexity index is 85.4. The van der Waals surface area contributed by atoms with Crippen LogP contribution >= 0.6 is 7.92 Å². The van der Waals surface area contributed by atoms with E-state index in [1.54, 1.807) is 0 Å². The van der Waals surface area contributed by atoms with Gasteiger partial charge in [-0.05, 0) is 18.5 Å². The fraction of sp³-hybridized carbons (Fsp3) is 0.857. The molecule has 0 aliphatic carbocycles. The number of hydrogen-bond donors (Lipinski definition) is 0. The Labute approximate surface area is 92.6 Å². The smallest absolute Gasteiger partial charge is 0.696 e. The number of rotatable bonds is 3. The van der Waals surface area contributed by atoms with E-state index in [1.165, 1.54) is 23.9 Å². The molecule has 70 valence electrons. The molecule has 0 atom stereocenters. The van der Waals surface area contributed by atoms with Crippen molar-refractivity contribution in [1.82, 2.24) is 0 Å². The minimum Gasteiger partial charge on any atom is -0.696 e. The van der Waals surface area contributed by atoms with Crippen molar-refractivity contribution >= 4 is 20.6 Å². The summed E-state index contributed by atoms with van der Waals surface area (Å²) in [5.41, 5.74) is 0. The van der Waals surface area contributed by atoms with E-state index in [1.807, 2.05) is 0 Å². The van der Waals surface area contributed by atoms with Crippen LogP contribution in [0.4, 0.5) is 0 Å². The van der Waals surface area contributed by atoms with Crippen molar-refractivity contribution in [2.24, 2.45) is 0 Å². The van der Waals surface area contributed by atoms with E-state index in [-0.39, 0.29) is 22.4 Å². The van der Waals surface area contributed by atoms with Crippen molar-refractivity contribution in [2.45, 2.75) is 20.8 Å². The Morgan fingerprint density at radius 2 is 1.36 bits per heavy atom. The molecule has 0 saturated heterocycles. The van der Waals surface area contributed by atoms with E-state index in [0.29, 0.717) is 7.92 Å². The van der Waals surface area contributed by atoms with E-state index in [0.717, 1.165) is 0 Å². The molecular weight excluding hydrogens is 358 g/mol. The zero-order valence-electron chi connectivity index (χ0n) is 7.23. The summed E-state index contributed by atoms with van der Waals surface area (Å²) in [5, 5.41) is 8.47. The minimum absolute atomic E-state index is 0. The van der Waals surface area contributed by atoms with Gasteiger partial charge < -0.3 is 12.6 Å². The molecule has 0 saturated carbocycles. The van der Waals surface area contributed by atoms with Crippen molar-refractivity contribution in [1.29, 1.82) is 5.26 Å². The van der Waals surface area contributed by atoms with Crippen LogP contribution in [0.3, 0.4) is 0 Å². The summed E-state index contributed by atoms with van der Waals surface area (Å²) < 4.78 is 0. The summed E-state index contributed by atoms with van der Waals surface area (Å²) >= 11 is 3.70. The van der Waals surface area contributed by atoms with Crippen LogP contribution in [0, 0.1) is 10.7 Å². The molecule has 0 fully saturated rings. The SMILES string of the molecule is CCP(CC)CC.N#C[S-].[Au+]. The van der Waals surface area contributed by atoms with Gasteiger partial charge in [0.1, 0.15) is 0 Å². The van der Waals surface area contributed by atoms with Crippen molar-refractivity contribution < 1.29 is 22.4 Å². The second kappa shape index (κ2) is 17.1. The van der Waals surface area contributed by atoms with Gasteiger partial charge in [0.15, 0.2) is 0 Å². The molecule has 0 rings (SSSR count). The third-order valence-electron chi connectivity index (χ3n) is 1.34. The average Bonchev–Trinajstić information content (AvgIpc) is 1.93. The first-order chi connectivity index (χ1) is 4.76. The Morgan fingerprint density at radius 1 is 1.18 bits per heavy atom. The van der Waals surface area contributed by atoms with E-state index in [4.69, 9.17) is 5.26 Å². The molecular formula is C7H15AuNPS. The molecule has 0 spiro atoms. The van der Waals surface area contributed by atoms with Crippen LogP contribution in [0.5, 0.6) is 0 Å². The molecule has 0 aromatic carbocycles.